The first-order valence-electron chi connectivity index (χ1n) is 5.89. The van der Waals surface area contributed by atoms with Crippen LogP contribution in [-0.4, -0.2) is 20.1 Å². The van der Waals surface area contributed by atoms with Crippen LogP contribution in [0.5, 0.6) is 5.75 Å². The topological polar surface area (TPSA) is 29.5 Å². The number of rotatable bonds is 3. The highest BCUT2D eigenvalue weighted by atomic mass is 79.9. The predicted octanol–water partition coefficient (Wildman–Crippen LogP) is 4.50. The Labute approximate surface area is 134 Å². The number of carbonyl (C=O) groups excluding carboxylic acids is 1. The van der Waals surface area contributed by atoms with Crippen molar-refractivity contribution in [1.82, 2.24) is 0 Å². The van der Waals surface area contributed by atoms with Crippen LogP contribution < -0.4 is 9.64 Å². The average molecular weight is 399 g/mol. The van der Waals surface area contributed by atoms with E-state index in [2.05, 4.69) is 31.9 Å². The van der Waals surface area contributed by atoms with E-state index in [1.165, 1.54) is 0 Å². The lowest BCUT2D eigenvalue weighted by Crippen LogP contribution is -2.26. The van der Waals surface area contributed by atoms with Crippen LogP contribution in [0.1, 0.15) is 10.4 Å². The van der Waals surface area contributed by atoms with Crippen LogP contribution in [0.15, 0.2) is 51.4 Å². The number of methoxy groups -OCH3 is 1. The molecule has 0 unspecified atom stereocenters. The first kappa shape index (κ1) is 15.1. The number of benzene rings is 2. The Kier molecular flexibility index (Phi) is 4.83. The molecule has 2 aromatic carbocycles. The minimum atomic E-state index is -0.0721. The smallest absolute Gasteiger partial charge is 0.258 e. The molecule has 0 heterocycles. The fourth-order valence-corrected chi connectivity index (χ4v) is 3.09. The fraction of sp³-hybridized carbons (Fsp3) is 0.133. The summed E-state index contributed by atoms with van der Waals surface area (Å²) in [5, 5.41) is 0. The van der Waals surface area contributed by atoms with Crippen molar-refractivity contribution in [2.24, 2.45) is 0 Å². The third kappa shape index (κ3) is 3.41. The van der Waals surface area contributed by atoms with Crippen LogP contribution >= 0.6 is 31.9 Å². The summed E-state index contributed by atoms with van der Waals surface area (Å²) in [6.45, 7) is 0. The van der Waals surface area contributed by atoms with E-state index in [-0.39, 0.29) is 5.91 Å². The minimum Gasteiger partial charge on any atom is -0.497 e. The Balaban J connectivity index is 2.27. The van der Waals surface area contributed by atoms with Gasteiger partial charge in [-0.15, -0.1) is 0 Å². The number of ether oxygens (including phenoxy) is 1. The molecule has 0 N–H and O–H groups in total. The van der Waals surface area contributed by atoms with Crippen molar-refractivity contribution in [3.05, 3.63) is 57.0 Å². The van der Waals surface area contributed by atoms with Gasteiger partial charge in [-0.05, 0) is 42.5 Å². The third-order valence-corrected chi connectivity index (χ3v) is 3.79. The maximum Gasteiger partial charge on any atom is 0.258 e. The van der Waals surface area contributed by atoms with Gasteiger partial charge >= 0.3 is 0 Å². The molecular weight excluding hydrogens is 386 g/mol. The van der Waals surface area contributed by atoms with Gasteiger partial charge in [-0.25, -0.2) is 0 Å². The van der Waals surface area contributed by atoms with Gasteiger partial charge in [-0.2, -0.15) is 0 Å². The van der Waals surface area contributed by atoms with Gasteiger partial charge in [0.2, 0.25) is 0 Å². The van der Waals surface area contributed by atoms with Crippen LogP contribution in [0.4, 0.5) is 5.69 Å². The quantitative estimate of drug-likeness (QED) is 0.761. The molecule has 0 aliphatic carbocycles. The second-order valence-electron chi connectivity index (χ2n) is 4.22. The summed E-state index contributed by atoms with van der Waals surface area (Å²) in [7, 11) is 3.36. The molecule has 0 spiro atoms. The first-order chi connectivity index (χ1) is 9.51. The van der Waals surface area contributed by atoms with Gasteiger partial charge in [0.15, 0.2) is 0 Å². The SMILES string of the molecule is COc1ccc(N(C)C(=O)c2cc(Br)cc(Br)c2)cc1. The normalized spacial score (nSPS) is 10.2. The van der Waals surface area contributed by atoms with Gasteiger partial charge in [0.05, 0.1) is 7.11 Å². The zero-order valence-electron chi connectivity index (χ0n) is 11.1. The molecule has 0 saturated carbocycles. The molecular formula is C15H13Br2NO2. The maximum absolute atomic E-state index is 12.5. The number of amides is 1. The van der Waals surface area contributed by atoms with Crippen molar-refractivity contribution < 1.29 is 9.53 Å². The Bertz CT molecular complexity index is 606. The third-order valence-electron chi connectivity index (χ3n) is 2.87. The number of nitrogens with zero attached hydrogens (tertiary/aromatic N) is 1. The van der Waals surface area contributed by atoms with Crippen molar-refractivity contribution in [1.29, 1.82) is 0 Å². The monoisotopic (exact) mass is 397 g/mol. The maximum atomic E-state index is 12.5. The van der Waals surface area contributed by atoms with E-state index in [0.29, 0.717) is 5.56 Å². The number of anilines is 1. The summed E-state index contributed by atoms with van der Waals surface area (Å²) in [5.41, 5.74) is 1.43. The average Bonchev–Trinajstić information content (AvgIpc) is 2.45. The summed E-state index contributed by atoms with van der Waals surface area (Å²) < 4.78 is 6.83. The highest BCUT2D eigenvalue weighted by molar-refractivity contribution is 9.11. The van der Waals surface area contributed by atoms with E-state index in [4.69, 9.17) is 4.74 Å². The van der Waals surface area contributed by atoms with Crippen LogP contribution in [0.2, 0.25) is 0 Å². The standard InChI is InChI=1S/C15H13Br2NO2/c1-18(13-3-5-14(20-2)6-4-13)15(19)10-7-11(16)9-12(17)8-10/h3-9H,1-2H3. The van der Waals surface area contributed by atoms with Gasteiger partial charge in [-0.1, -0.05) is 31.9 Å². The molecule has 0 saturated heterocycles. The molecule has 0 bridgehead atoms. The minimum absolute atomic E-state index is 0.0721. The number of hydrogen-bond acceptors (Lipinski definition) is 2. The molecule has 20 heavy (non-hydrogen) atoms. The summed E-state index contributed by atoms with van der Waals surface area (Å²) in [6.07, 6.45) is 0. The Morgan fingerprint density at radius 2 is 1.60 bits per heavy atom. The molecule has 0 fully saturated rings. The second kappa shape index (κ2) is 6.41. The lowest BCUT2D eigenvalue weighted by molar-refractivity contribution is 0.0993. The van der Waals surface area contributed by atoms with Gasteiger partial charge in [0.1, 0.15) is 5.75 Å². The molecule has 104 valence electrons. The molecule has 3 nitrogen and oxygen atoms in total. The highest BCUT2D eigenvalue weighted by Gasteiger charge is 2.14. The van der Waals surface area contributed by atoms with Gasteiger partial charge < -0.3 is 9.64 Å². The highest BCUT2D eigenvalue weighted by Crippen LogP contribution is 2.23. The molecule has 5 heteroatoms. The van der Waals surface area contributed by atoms with E-state index in [9.17, 15) is 4.79 Å². The molecule has 0 atom stereocenters. The molecule has 1 amide bonds. The van der Waals surface area contributed by atoms with Crippen molar-refractivity contribution in [2.75, 3.05) is 19.1 Å². The molecule has 0 aromatic heterocycles. The Morgan fingerprint density at radius 3 is 2.10 bits per heavy atom. The lowest BCUT2D eigenvalue weighted by Gasteiger charge is -2.18. The fourth-order valence-electron chi connectivity index (χ4n) is 1.79. The van der Waals surface area contributed by atoms with Crippen molar-refractivity contribution >= 4 is 43.5 Å². The van der Waals surface area contributed by atoms with E-state index in [0.717, 1.165) is 20.4 Å². The molecule has 0 aliphatic heterocycles. The molecule has 2 aromatic rings. The van der Waals surface area contributed by atoms with Gasteiger partial charge in [0, 0.05) is 27.2 Å². The molecule has 0 radical (unpaired) electrons. The summed E-state index contributed by atoms with van der Waals surface area (Å²) in [4.78, 5) is 14.1. The van der Waals surface area contributed by atoms with E-state index in [1.54, 1.807) is 31.2 Å². The summed E-state index contributed by atoms with van der Waals surface area (Å²) in [6, 6.07) is 12.9. The Hall–Kier alpha value is -1.33. The van der Waals surface area contributed by atoms with E-state index in [1.807, 2.05) is 30.3 Å². The Morgan fingerprint density at radius 1 is 1.05 bits per heavy atom. The van der Waals surface area contributed by atoms with Gasteiger partial charge in [-0.3, -0.25) is 4.79 Å². The number of halogens is 2. The number of hydrogen-bond donors (Lipinski definition) is 0. The van der Waals surface area contributed by atoms with Crippen LogP contribution in [0.25, 0.3) is 0 Å². The van der Waals surface area contributed by atoms with Crippen molar-refractivity contribution in [3.63, 3.8) is 0 Å². The summed E-state index contributed by atoms with van der Waals surface area (Å²) in [5.74, 6) is 0.692. The summed E-state index contributed by atoms with van der Waals surface area (Å²) >= 11 is 6.78. The second-order valence-corrected chi connectivity index (χ2v) is 6.05. The van der Waals surface area contributed by atoms with Crippen molar-refractivity contribution in [2.45, 2.75) is 0 Å². The van der Waals surface area contributed by atoms with E-state index < -0.39 is 0 Å². The lowest BCUT2D eigenvalue weighted by atomic mass is 10.2. The van der Waals surface area contributed by atoms with Crippen LogP contribution in [0, 0.1) is 0 Å². The predicted molar refractivity (Wildman–Crippen MR) is 87.6 cm³/mol. The first-order valence-corrected chi connectivity index (χ1v) is 7.48. The van der Waals surface area contributed by atoms with Crippen LogP contribution in [-0.2, 0) is 0 Å². The largest absolute Gasteiger partial charge is 0.497 e. The van der Waals surface area contributed by atoms with Crippen molar-refractivity contribution in [3.8, 4) is 5.75 Å². The molecule has 0 aliphatic rings. The number of carbonyl (C=O) groups is 1. The van der Waals surface area contributed by atoms with Gasteiger partial charge in [0.25, 0.3) is 5.91 Å². The zero-order valence-corrected chi connectivity index (χ0v) is 14.2. The zero-order chi connectivity index (χ0) is 14.7. The van der Waals surface area contributed by atoms with Crippen LogP contribution in [0.3, 0.4) is 0 Å². The van der Waals surface area contributed by atoms with E-state index >= 15 is 0 Å². The molecule has 2 rings (SSSR count).